The van der Waals surface area contributed by atoms with Crippen molar-refractivity contribution in [1.82, 2.24) is 4.90 Å². The van der Waals surface area contributed by atoms with Gasteiger partial charge in [-0.2, -0.15) is 0 Å². The molecule has 4 nitrogen and oxygen atoms in total. The quantitative estimate of drug-likeness (QED) is 0.623. The summed E-state index contributed by atoms with van der Waals surface area (Å²) in [6.45, 7) is 3.36. The largest absolute Gasteiger partial charge is 0.548 e. The number of carboxylic acid groups (broad SMARTS) is 1. The molecule has 1 atom stereocenters. The maximum atomic E-state index is 12.2. The van der Waals surface area contributed by atoms with Crippen LogP contribution in [0.2, 0.25) is 0 Å². The normalized spacial score (nSPS) is 18.7. The SMILES string of the molecule is Cc1ccc(/C=C2\SC(=S)N([C@H](C)C(=O)[O-])C2=O)cc1. The van der Waals surface area contributed by atoms with E-state index in [4.69, 9.17) is 12.2 Å². The second kappa shape index (κ2) is 5.76. The van der Waals surface area contributed by atoms with E-state index in [1.807, 2.05) is 31.2 Å². The van der Waals surface area contributed by atoms with Crippen molar-refractivity contribution in [2.24, 2.45) is 0 Å². The lowest BCUT2D eigenvalue weighted by Gasteiger charge is -2.23. The second-order valence-electron chi connectivity index (χ2n) is 4.46. The summed E-state index contributed by atoms with van der Waals surface area (Å²) >= 11 is 6.17. The summed E-state index contributed by atoms with van der Waals surface area (Å²) in [4.78, 5) is 24.6. The molecular weight excluding hydrogens is 294 g/mol. The van der Waals surface area contributed by atoms with Gasteiger partial charge in [-0.05, 0) is 25.5 Å². The van der Waals surface area contributed by atoms with Crippen molar-refractivity contribution in [2.45, 2.75) is 19.9 Å². The van der Waals surface area contributed by atoms with E-state index in [0.717, 1.165) is 27.8 Å². The Balaban J connectivity index is 2.28. The molecule has 1 aromatic rings. The van der Waals surface area contributed by atoms with Crippen molar-refractivity contribution in [3.63, 3.8) is 0 Å². The number of rotatable bonds is 3. The fourth-order valence-corrected chi connectivity index (χ4v) is 3.15. The van der Waals surface area contributed by atoms with E-state index in [1.54, 1.807) is 6.08 Å². The van der Waals surface area contributed by atoms with E-state index in [9.17, 15) is 14.7 Å². The molecule has 0 bridgehead atoms. The minimum absolute atomic E-state index is 0.241. The smallest absolute Gasteiger partial charge is 0.266 e. The van der Waals surface area contributed by atoms with Gasteiger partial charge in [-0.25, -0.2) is 0 Å². The van der Waals surface area contributed by atoms with Crippen molar-refractivity contribution in [3.05, 3.63) is 40.3 Å². The molecule has 20 heavy (non-hydrogen) atoms. The van der Waals surface area contributed by atoms with E-state index >= 15 is 0 Å². The molecule has 1 aliphatic heterocycles. The number of carbonyl (C=O) groups is 2. The van der Waals surface area contributed by atoms with Gasteiger partial charge in [-0.1, -0.05) is 53.8 Å². The molecule has 0 aromatic heterocycles. The lowest BCUT2D eigenvalue weighted by atomic mass is 10.1. The van der Waals surface area contributed by atoms with Gasteiger partial charge in [0.15, 0.2) is 0 Å². The summed E-state index contributed by atoms with van der Waals surface area (Å²) in [6, 6.07) is 6.60. The van der Waals surface area contributed by atoms with Gasteiger partial charge in [0, 0.05) is 0 Å². The van der Waals surface area contributed by atoms with Crippen LogP contribution in [0, 0.1) is 6.92 Å². The Bertz CT molecular complexity index is 607. The Morgan fingerprint density at radius 1 is 1.40 bits per heavy atom. The number of nitrogens with zero attached hydrogens (tertiary/aromatic N) is 1. The van der Waals surface area contributed by atoms with Crippen LogP contribution < -0.4 is 5.11 Å². The Labute approximate surface area is 126 Å². The van der Waals surface area contributed by atoms with E-state index < -0.39 is 17.9 Å². The van der Waals surface area contributed by atoms with Crippen molar-refractivity contribution in [3.8, 4) is 0 Å². The van der Waals surface area contributed by atoms with Crippen LogP contribution in [0.5, 0.6) is 0 Å². The Morgan fingerprint density at radius 2 is 2.00 bits per heavy atom. The van der Waals surface area contributed by atoms with E-state index in [0.29, 0.717) is 4.91 Å². The van der Waals surface area contributed by atoms with E-state index in [2.05, 4.69) is 0 Å². The summed E-state index contributed by atoms with van der Waals surface area (Å²) in [5.74, 6) is -1.71. The van der Waals surface area contributed by atoms with Crippen LogP contribution in [0.15, 0.2) is 29.2 Å². The molecule has 2 rings (SSSR count). The first kappa shape index (κ1) is 14.7. The molecule has 0 saturated carbocycles. The molecular formula is C14H12NO3S2-. The average Bonchev–Trinajstić information content (AvgIpc) is 2.66. The van der Waals surface area contributed by atoms with Crippen molar-refractivity contribution in [1.29, 1.82) is 0 Å². The monoisotopic (exact) mass is 306 g/mol. The van der Waals surface area contributed by atoms with Gasteiger partial charge >= 0.3 is 0 Å². The maximum absolute atomic E-state index is 12.2. The summed E-state index contributed by atoms with van der Waals surface area (Å²) in [5.41, 5.74) is 2.00. The molecule has 104 valence electrons. The summed E-state index contributed by atoms with van der Waals surface area (Å²) in [6.07, 6.45) is 1.71. The first-order valence-electron chi connectivity index (χ1n) is 5.94. The lowest BCUT2D eigenvalue weighted by Crippen LogP contribution is -2.48. The van der Waals surface area contributed by atoms with Gasteiger partial charge in [-0.15, -0.1) is 0 Å². The van der Waals surface area contributed by atoms with Crippen LogP contribution >= 0.6 is 24.0 Å². The van der Waals surface area contributed by atoms with Gasteiger partial charge in [0.2, 0.25) is 0 Å². The highest BCUT2D eigenvalue weighted by Crippen LogP contribution is 2.33. The number of aryl methyl sites for hydroxylation is 1. The zero-order valence-electron chi connectivity index (χ0n) is 11.0. The standard InChI is InChI=1S/C14H13NO3S2/c1-8-3-5-10(6-4-8)7-11-12(16)15(14(19)20-11)9(2)13(17)18/h3-7,9H,1-2H3,(H,17,18)/p-1/b11-7-/t9-/m1/s1. The van der Waals surface area contributed by atoms with Gasteiger partial charge in [0.1, 0.15) is 4.32 Å². The number of thiocarbonyl (C=S) groups is 1. The molecule has 1 aromatic carbocycles. The Hall–Kier alpha value is -1.66. The Morgan fingerprint density at radius 3 is 2.55 bits per heavy atom. The van der Waals surface area contributed by atoms with E-state index in [1.165, 1.54) is 6.92 Å². The fraction of sp³-hybridized carbons (Fsp3) is 0.214. The Kier molecular flexibility index (Phi) is 4.25. The van der Waals surface area contributed by atoms with Crippen LogP contribution in [0.25, 0.3) is 6.08 Å². The van der Waals surface area contributed by atoms with Crippen LogP contribution in [0.3, 0.4) is 0 Å². The zero-order chi connectivity index (χ0) is 14.9. The zero-order valence-corrected chi connectivity index (χ0v) is 12.6. The second-order valence-corrected chi connectivity index (χ2v) is 6.13. The third-order valence-corrected chi connectivity index (χ3v) is 4.26. The number of carboxylic acids is 1. The van der Waals surface area contributed by atoms with Crippen LogP contribution in [-0.4, -0.2) is 27.1 Å². The predicted molar refractivity (Wildman–Crippen MR) is 80.7 cm³/mol. The minimum Gasteiger partial charge on any atom is -0.548 e. The van der Waals surface area contributed by atoms with Gasteiger partial charge in [0.25, 0.3) is 5.91 Å². The molecule has 6 heteroatoms. The lowest BCUT2D eigenvalue weighted by molar-refractivity contribution is -0.309. The van der Waals surface area contributed by atoms with Crippen LogP contribution in [0.1, 0.15) is 18.1 Å². The molecule has 0 N–H and O–H groups in total. The van der Waals surface area contributed by atoms with Gasteiger partial charge in [-0.3, -0.25) is 9.69 Å². The van der Waals surface area contributed by atoms with Crippen LogP contribution in [-0.2, 0) is 9.59 Å². The van der Waals surface area contributed by atoms with Crippen molar-refractivity contribution < 1.29 is 14.7 Å². The summed E-state index contributed by atoms with van der Waals surface area (Å²) in [7, 11) is 0. The van der Waals surface area contributed by atoms with Crippen LogP contribution in [0.4, 0.5) is 0 Å². The maximum Gasteiger partial charge on any atom is 0.266 e. The number of benzene rings is 1. The number of amides is 1. The minimum atomic E-state index is -1.32. The highest BCUT2D eigenvalue weighted by Gasteiger charge is 2.35. The fourth-order valence-electron chi connectivity index (χ4n) is 1.73. The number of carbonyl (C=O) groups excluding carboxylic acids is 2. The van der Waals surface area contributed by atoms with Crippen molar-refractivity contribution >= 4 is 46.3 Å². The van der Waals surface area contributed by atoms with E-state index in [-0.39, 0.29) is 4.32 Å². The highest BCUT2D eigenvalue weighted by atomic mass is 32.2. The number of hydrogen-bond donors (Lipinski definition) is 0. The number of aliphatic carboxylic acids is 1. The predicted octanol–water partition coefficient (Wildman–Crippen LogP) is 1.33. The first-order chi connectivity index (χ1) is 9.40. The third kappa shape index (κ3) is 2.91. The number of thioether (sulfide) groups is 1. The first-order valence-corrected chi connectivity index (χ1v) is 7.17. The average molecular weight is 306 g/mol. The number of hydrogen-bond acceptors (Lipinski definition) is 5. The van der Waals surface area contributed by atoms with Gasteiger partial charge < -0.3 is 9.90 Å². The molecule has 0 aliphatic carbocycles. The molecule has 1 amide bonds. The molecule has 1 heterocycles. The summed E-state index contributed by atoms with van der Waals surface area (Å²) in [5, 5.41) is 10.9. The molecule has 1 fully saturated rings. The topological polar surface area (TPSA) is 60.4 Å². The highest BCUT2D eigenvalue weighted by molar-refractivity contribution is 8.26. The molecule has 0 unspecified atom stereocenters. The molecule has 0 spiro atoms. The molecule has 1 aliphatic rings. The van der Waals surface area contributed by atoms with Crippen molar-refractivity contribution in [2.75, 3.05) is 0 Å². The molecule has 0 radical (unpaired) electrons. The third-order valence-electron chi connectivity index (χ3n) is 2.93. The van der Waals surface area contributed by atoms with Gasteiger partial charge in [0.05, 0.1) is 16.9 Å². The molecule has 1 saturated heterocycles. The summed E-state index contributed by atoms with van der Waals surface area (Å²) < 4.78 is 0.241.